The molecule has 2 rings (SSSR count). The molecule has 0 aliphatic carbocycles. The maximum Gasteiger partial charge on any atom is 0.274 e. The number of aryl methyl sites for hydroxylation is 1. The average Bonchev–Trinajstić information content (AvgIpc) is 2.55. The monoisotopic (exact) mass is 376 g/mol. The lowest BCUT2D eigenvalue weighted by Crippen LogP contribution is -2.21. The van der Waals surface area contributed by atoms with Gasteiger partial charge in [0.15, 0.2) is 0 Å². The summed E-state index contributed by atoms with van der Waals surface area (Å²) in [4.78, 5) is 22.7. The summed E-state index contributed by atoms with van der Waals surface area (Å²) in [5, 5.41) is 2.87. The Balaban J connectivity index is 2.13. The third kappa shape index (κ3) is 4.76. The lowest BCUT2D eigenvalue weighted by atomic mass is 10.2. The molecular formula is C17H21BrN4O. The van der Waals surface area contributed by atoms with Crippen molar-refractivity contribution in [3.63, 3.8) is 0 Å². The van der Waals surface area contributed by atoms with Crippen LogP contribution in [0.25, 0.3) is 0 Å². The lowest BCUT2D eigenvalue weighted by Gasteiger charge is -2.17. The number of halogens is 1. The Kier molecular flexibility index (Phi) is 6.10. The van der Waals surface area contributed by atoms with Crippen LogP contribution in [-0.4, -0.2) is 29.5 Å². The van der Waals surface area contributed by atoms with Gasteiger partial charge in [0, 0.05) is 24.1 Å². The van der Waals surface area contributed by atoms with Gasteiger partial charge < -0.3 is 10.2 Å². The van der Waals surface area contributed by atoms with Crippen LogP contribution in [0, 0.1) is 6.92 Å². The normalized spacial score (nSPS) is 10.4. The summed E-state index contributed by atoms with van der Waals surface area (Å²) in [7, 11) is 1.97. The van der Waals surface area contributed by atoms with E-state index in [2.05, 4.69) is 38.1 Å². The molecule has 1 N–H and O–H groups in total. The molecule has 0 atom stereocenters. The molecule has 1 aromatic heterocycles. The Bertz CT molecular complexity index is 690. The zero-order chi connectivity index (χ0) is 16.8. The van der Waals surface area contributed by atoms with E-state index in [0.717, 1.165) is 40.9 Å². The van der Waals surface area contributed by atoms with Crippen LogP contribution in [0.3, 0.4) is 0 Å². The number of nitrogens with one attached hydrogen (secondary N) is 1. The van der Waals surface area contributed by atoms with Crippen molar-refractivity contribution in [1.29, 1.82) is 0 Å². The van der Waals surface area contributed by atoms with Crippen LogP contribution in [0.1, 0.15) is 35.8 Å². The van der Waals surface area contributed by atoms with Gasteiger partial charge in [-0.3, -0.25) is 4.79 Å². The molecule has 122 valence electrons. The van der Waals surface area contributed by atoms with Crippen LogP contribution in [-0.2, 0) is 0 Å². The Hall–Kier alpha value is -1.95. The van der Waals surface area contributed by atoms with Crippen LogP contribution >= 0.6 is 15.9 Å². The topological polar surface area (TPSA) is 58.1 Å². The van der Waals surface area contributed by atoms with E-state index in [4.69, 9.17) is 0 Å². The number of nitrogens with zero attached hydrogens (tertiary/aromatic N) is 3. The van der Waals surface area contributed by atoms with Gasteiger partial charge in [0.1, 0.15) is 17.8 Å². The molecule has 5 nitrogen and oxygen atoms in total. The fraction of sp³-hybridized carbons (Fsp3) is 0.353. The third-order valence-electron chi connectivity index (χ3n) is 3.50. The standard InChI is InChI=1S/C17H21BrN4O/c1-4-5-8-22(3)16-10-15(19-11-20-16)17(23)21-14-7-6-12(2)9-13(14)18/h6-7,9-11H,4-5,8H2,1-3H3,(H,21,23). The Morgan fingerprint density at radius 3 is 2.78 bits per heavy atom. The summed E-state index contributed by atoms with van der Waals surface area (Å²) < 4.78 is 0.847. The first kappa shape index (κ1) is 17.4. The highest BCUT2D eigenvalue weighted by Gasteiger charge is 2.12. The second-order valence-electron chi connectivity index (χ2n) is 5.47. The number of carbonyl (C=O) groups is 1. The van der Waals surface area contributed by atoms with Crippen molar-refractivity contribution in [2.45, 2.75) is 26.7 Å². The van der Waals surface area contributed by atoms with Crippen molar-refractivity contribution in [3.05, 3.63) is 46.3 Å². The average molecular weight is 377 g/mol. The number of aromatic nitrogens is 2. The Morgan fingerprint density at radius 2 is 2.09 bits per heavy atom. The maximum atomic E-state index is 12.4. The first-order chi connectivity index (χ1) is 11.0. The summed E-state index contributed by atoms with van der Waals surface area (Å²) in [5.41, 5.74) is 2.20. The summed E-state index contributed by atoms with van der Waals surface area (Å²) in [6.07, 6.45) is 3.62. The summed E-state index contributed by atoms with van der Waals surface area (Å²) in [6.45, 7) is 5.05. The molecule has 6 heteroatoms. The van der Waals surface area contributed by atoms with E-state index >= 15 is 0 Å². The zero-order valence-electron chi connectivity index (χ0n) is 13.6. The first-order valence-electron chi connectivity index (χ1n) is 7.62. The molecular weight excluding hydrogens is 356 g/mol. The van der Waals surface area contributed by atoms with Gasteiger partial charge in [-0.15, -0.1) is 0 Å². The molecule has 0 saturated heterocycles. The molecule has 1 aromatic carbocycles. The van der Waals surface area contributed by atoms with Crippen molar-refractivity contribution >= 4 is 33.3 Å². The molecule has 1 amide bonds. The van der Waals surface area contributed by atoms with Gasteiger partial charge >= 0.3 is 0 Å². The number of hydrogen-bond donors (Lipinski definition) is 1. The second-order valence-corrected chi connectivity index (χ2v) is 6.33. The number of hydrogen-bond acceptors (Lipinski definition) is 4. The van der Waals surface area contributed by atoms with Gasteiger partial charge in [-0.05, 0) is 47.0 Å². The highest BCUT2D eigenvalue weighted by molar-refractivity contribution is 9.10. The van der Waals surface area contributed by atoms with E-state index in [0.29, 0.717) is 5.69 Å². The molecule has 0 saturated carbocycles. The molecule has 0 radical (unpaired) electrons. The van der Waals surface area contributed by atoms with Crippen molar-refractivity contribution in [3.8, 4) is 0 Å². The second kappa shape index (κ2) is 8.06. The summed E-state index contributed by atoms with van der Waals surface area (Å²) in [5.74, 6) is 0.503. The van der Waals surface area contributed by atoms with Crippen LogP contribution < -0.4 is 10.2 Å². The fourth-order valence-corrected chi connectivity index (χ4v) is 2.69. The number of anilines is 2. The van der Waals surface area contributed by atoms with Crippen molar-refractivity contribution < 1.29 is 4.79 Å². The van der Waals surface area contributed by atoms with Crippen molar-refractivity contribution in [1.82, 2.24) is 9.97 Å². The number of benzene rings is 1. The van der Waals surface area contributed by atoms with Gasteiger partial charge in [0.2, 0.25) is 0 Å². The van der Waals surface area contributed by atoms with Gasteiger partial charge in [0.25, 0.3) is 5.91 Å². The summed E-state index contributed by atoms with van der Waals surface area (Å²) in [6, 6.07) is 7.49. The molecule has 23 heavy (non-hydrogen) atoms. The van der Waals surface area contributed by atoms with Gasteiger partial charge in [-0.1, -0.05) is 19.4 Å². The highest BCUT2D eigenvalue weighted by Crippen LogP contribution is 2.24. The SMILES string of the molecule is CCCCN(C)c1cc(C(=O)Nc2ccc(C)cc2Br)ncn1. The van der Waals surface area contributed by atoms with Crippen LogP contribution in [0.4, 0.5) is 11.5 Å². The predicted octanol–water partition coefficient (Wildman–Crippen LogP) is 4.04. The first-order valence-corrected chi connectivity index (χ1v) is 8.41. The largest absolute Gasteiger partial charge is 0.360 e. The molecule has 2 aromatic rings. The van der Waals surface area contributed by atoms with E-state index in [1.165, 1.54) is 6.33 Å². The van der Waals surface area contributed by atoms with Gasteiger partial charge in [-0.25, -0.2) is 9.97 Å². The number of unbranched alkanes of at least 4 members (excludes halogenated alkanes) is 1. The molecule has 1 heterocycles. The Labute approximate surface area is 145 Å². The van der Waals surface area contributed by atoms with Crippen molar-refractivity contribution in [2.24, 2.45) is 0 Å². The van der Waals surface area contributed by atoms with Crippen LogP contribution in [0.15, 0.2) is 35.1 Å². The molecule has 0 aliphatic heterocycles. The molecule has 0 bridgehead atoms. The Morgan fingerprint density at radius 1 is 1.30 bits per heavy atom. The molecule has 0 fully saturated rings. The van der Waals surface area contributed by atoms with Crippen LogP contribution in [0.2, 0.25) is 0 Å². The maximum absolute atomic E-state index is 12.4. The lowest BCUT2D eigenvalue weighted by molar-refractivity contribution is 0.102. The minimum atomic E-state index is -0.248. The zero-order valence-corrected chi connectivity index (χ0v) is 15.2. The number of carbonyl (C=O) groups excluding carboxylic acids is 1. The number of amides is 1. The highest BCUT2D eigenvalue weighted by atomic mass is 79.9. The fourth-order valence-electron chi connectivity index (χ4n) is 2.10. The van der Waals surface area contributed by atoms with Gasteiger partial charge in [0.05, 0.1) is 5.69 Å². The predicted molar refractivity (Wildman–Crippen MR) is 97.0 cm³/mol. The third-order valence-corrected chi connectivity index (χ3v) is 4.15. The van der Waals surface area contributed by atoms with E-state index < -0.39 is 0 Å². The number of rotatable bonds is 6. The smallest absolute Gasteiger partial charge is 0.274 e. The quantitative estimate of drug-likeness (QED) is 0.826. The van der Waals surface area contributed by atoms with Gasteiger partial charge in [-0.2, -0.15) is 0 Å². The van der Waals surface area contributed by atoms with Crippen molar-refractivity contribution in [2.75, 3.05) is 23.8 Å². The summed E-state index contributed by atoms with van der Waals surface area (Å²) >= 11 is 3.46. The molecule has 0 aliphatic rings. The minimum Gasteiger partial charge on any atom is -0.360 e. The van der Waals surface area contributed by atoms with E-state index in [-0.39, 0.29) is 5.91 Å². The van der Waals surface area contributed by atoms with E-state index in [1.54, 1.807) is 6.07 Å². The molecule has 0 unspecified atom stereocenters. The molecule has 0 spiro atoms. The minimum absolute atomic E-state index is 0.248. The van der Waals surface area contributed by atoms with E-state index in [1.807, 2.05) is 37.1 Å². The van der Waals surface area contributed by atoms with E-state index in [9.17, 15) is 4.79 Å². The van der Waals surface area contributed by atoms with Crippen LogP contribution in [0.5, 0.6) is 0 Å².